The van der Waals surface area contributed by atoms with Gasteiger partial charge in [-0.1, -0.05) is 24.3 Å². The number of methoxy groups -OCH3 is 1. The number of ether oxygens (including phenoxy) is 1. The van der Waals surface area contributed by atoms with Crippen LogP contribution in [-0.4, -0.2) is 19.0 Å². The minimum Gasteiger partial charge on any atom is -0.469 e. The Morgan fingerprint density at radius 3 is 2.00 bits per heavy atom. The number of nitrogens with one attached hydrogen (secondary N) is 1. The van der Waals surface area contributed by atoms with E-state index in [1.54, 1.807) is 24.3 Å². The van der Waals surface area contributed by atoms with Crippen LogP contribution in [0, 0.1) is 5.82 Å². The smallest absolute Gasteiger partial charge is 0.315 e. The van der Waals surface area contributed by atoms with Gasteiger partial charge in [0.1, 0.15) is 12.2 Å². The zero-order chi connectivity index (χ0) is 16.7. The van der Waals surface area contributed by atoms with Crippen molar-refractivity contribution < 1.29 is 18.7 Å². The van der Waals surface area contributed by atoms with Gasteiger partial charge in [-0.2, -0.15) is 0 Å². The van der Waals surface area contributed by atoms with E-state index in [-0.39, 0.29) is 12.2 Å². The summed E-state index contributed by atoms with van der Waals surface area (Å²) < 4.78 is 17.3. The van der Waals surface area contributed by atoms with E-state index in [1.807, 2.05) is 12.1 Å². The van der Waals surface area contributed by atoms with Crippen molar-refractivity contribution in [3.63, 3.8) is 0 Å². The molecule has 0 atom stereocenters. The average Bonchev–Trinajstić information content (AvgIpc) is 2.55. The third-order valence-electron chi connectivity index (χ3n) is 3.39. The van der Waals surface area contributed by atoms with Gasteiger partial charge in [-0.05, 0) is 48.2 Å². The maximum Gasteiger partial charge on any atom is 0.315 e. The Kier molecular flexibility index (Phi) is 5.86. The van der Waals surface area contributed by atoms with E-state index >= 15 is 0 Å². The molecule has 1 N–H and O–H groups in total. The molecule has 0 fully saturated rings. The molecule has 23 heavy (non-hydrogen) atoms. The molecule has 1 amide bonds. The summed E-state index contributed by atoms with van der Waals surface area (Å²) in [4.78, 5) is 22.6. The van der Waals surface area contributed by atoms with Gasteiger partial charge in [-0.3, -0.25) is 9.59 Å². The number of benzene rings is 2. The zero-order valence-corrected chi connectivity index (χ0v) is 12.8. The van der Waals surface area contributed by atoms with Crippen LogP contribution in [-0.2, 0) is 27.2 Å². The van der Waals surface area contributed by atoms with Gasteiger partial charge >= 0.3 is 5.97 Å². The molecule has 0 saturated carbocycles. The monoisotopic (exact) mass is 315 g/mol. The van der Waals surface area contributed by atoms with Gasteiger partial charge in [0.05, 0.1) is 7.11 Å². The van der Waals surface area contributed by atoms with Crippen molar-refractivity contribution in [2.24, 2.45) is 0 Å². The molecular weight excluding hydrogens is 297 g/mol. The van der Waals surface area contributed by atoms with Gasteiger partial charge in [0.25, 0.3) is 0 Å². The fraction of sp³-hybridized carbons (Fsp3) is 0.222. The van der Waals surface area contributed by atoms with Gasteiger partial charge in [0, 0.05) is 5.69 Å². The Balaban J connectivity index is 1.85. The number of halogens is 1. The Hall–Kier alpha value is -2.69. The number of amides is 1. The highest BCUT2D eigenvalue weighted by molar-refractivity contribution is 6.01. The lowest BCUT2D eigenvalue weighted by Crippen LogP contribution is -2.17. The van der Waals surface area contributed by atoms with Crippen LogP contribution in [0.1, 0.15) is 17.5 Å². The molecule has 0 aliphatic rings. The number of hydrogen-bond acceptors (Lipinski definition) is 3. The van der Waals surface area contributed by atoms with E-state index in [2.05, 4.69) is 10.1 Å². The molecule has 0 radical (unpaired) electrons. The number of aryl methyl sites for hydroxylation is 2. The topological polar surface area (TPSA) is 55.4 Å². The second kappa shape index (κ2) is 8.08. The molecule has 2 rings (SSSR count). The first-order valence-corrected chi connectivity index (χ1v) is 7.27. The number of anilines is 1. The first-order chi connectivity index (χ1) is 11.1. The first kappa shape index (κ1) is 16.7. The molecule has 0 unspecified atom stereocenters. The molecule has 0 aliphatic carbocycles. The Morgan fingerprint density at radius 1 is 0.957 bits per heavy atom. The molecule has 0 aromatic heterocycles. The quantitative estimate of drug-likeness (QED) is 0.658. The van der Waals surface area contributed by atoms with Crippen LogP contribution in [0.15, 0.2) is 48.5 Å². The summed E-state index contributed by atoms with van der Waals surface area (Å²) in [5.74, 6) is -1.21. The van der Waals surface area contributed by atoms with Crippen LogP contribution in [0.5, 0.6) is 0 Å². The van der Waals surface area contributed by atoms with Crippen LogP contribution in [0.25, 0.3) is 0 Å². The number of hydrogen-bond donors (Lipinski definition) is 1. The fourth-order valence-corrected chi connectivity index (χ4v) is 2.10. The van der Waals surface area contributed by atoms with Crippen molar-refractivity contribution in [1.29, 1.82) is 0 Å². The predicted molar refractivity (Wildman–Crippen MR) is 85.5 cm³/mol. The van der Waals surface area contributed by atoms with Crippen molar-refractivity contribution in [1.82, 2.24) is 0 Å². The van der Waals surface area contributed by atoms with Gasteiger partial charge < -0.3 is 10.1 Å². The molecule has 5 heteroatoms. The van der Waals surface area contributed by atoms with Crippen LogP contribution < -0.4 is 5.32 Å². The molecule has 2 aromatic rings. The summed E-state index contributed by atoms with van der Waals surface area (Å²) >= 11 is 0. The van der Waals surface area contributed by atoms with Crippen molar-refractivity contribution in [2.45, 2.75) is 19.3 Å². The molecule has 4 nitrogen and oxygen atoms in total. The maximum atomic E-state index is 12.8. The molecule has 120 valence electrons. The lowest BCUT2D eigenvalue weighted by molar-refractivity contribution is -0.142. The standard InChI is InChI=1S/C18H18FNO3/c1-23-18(22)12-17(21)20-16-10-6-14(7-11-16)3-2-13-4-8-15(19)9-5-13/h4-11H,2-3,12H2,1H3,(H,20,21). The fourth-order valence-electron chi connectivity index (χ4n) is 2.10. The lowest BCUT2D eigenvalue weighted by atomic mass is 10.0. The maximum absolute atomic E-state index is 12.8. The van der Waals surface area contributed by atoms with E-state index in [4.69, 9.17) is 0 Å². The molecule has 0 spiro atoms. The van der Waals surface area contributed by atoms with Crippen LogP contribution >= 0.6 is 0 Å². The van der Waals surface area contributed by atoms with E-state index in [0.717, 1.165) is 24.0 Å². The summed E-state index contributed by atoms with van der Waals surface area (Å²) in [6, 6.07) is 13.9. The first-order valence-electron chi connectivity index (χ1n) is 7.27. The number of rotatable bonds is 6. The van der Waals surface area contributed by atoms with E-state index < -0.39 is 11.9 Å². The zero-order valence-electron chi connectivity index (χ0n) is 12.8. The van der Waals surface area contributed by atoms with Crippen LogP contribution in [0.2, 0.25) is 0 Å². The van der Waals surface area contributed by atoms with Crippen molar-refractivity contribution in [3.8, 4) is 0 Å². The minimum atomic E-state index is -0.571. The van der Waals surface area contributed by atoms with Crippen molar-refractivity contribution >= 4 is 17.6 Å². The normalized spacial score (nSPS) is 10.2. The van der Waals surface area contributed by atoms with Crippen LogP contribution in [0.4, 0.5) is 10.1 Å². The third-order valence-corrected chi connectivity index (χ3v) is 3.39. The summed E-state index contributed by atoms with van der Waals surface area (Å²) in [6.45, 7) is 0. The van der Waals surface area contributed by atoms with Crippen LogP contribution in [0.3, 0.4) is 0 Å². The summed E-state index contributed by atoms with van der Waals surface area (Å²) in [7, 11) is 1.24. The van der Waals surface area contributed by atoms with Gasteiger partial charge in [-0.25, -0.2) is 4.39 Å². The second-order valence-electron chi connectivity index (χ2n) is 5.12. The summed E-state index contributed by atoms with van der Waals surface area (Å²) in [5, 5.41) is 2.63. The third kappa shape index (κ3) is 5.54. The minimum absolute atomic E-state index is 0.235. The van der Waals surface area contributed by atoms with Gasteiger partial charge in [-0.15, -0.1) is 0 Å². The van der Waals surface area contributed by atoms with Gasteiger partial charge in [0.15, 0.2) is 0 Å². The molecule has 0 aliphatic heterocycles. The van der Waals surface area contributed by atoms with Crippen molar-refractivity contribution in [3.05, 3.63) is 65.5 Å². The molecule has 2 aromatic carbocycles. The highest BCUT2D eigenvalue weighted by atomic mass is 19.1. The Labute approximate surface area is 134 Å². The highest BCUT2D eigenvalue weighted by Crippen LogP contribution is 2.13. The molecule has 0 heterocycles. The summed E-state index contributed by atoms with van der Waals surface area (Å²) in [6.07, 6.45) is 1.33. The lowest BCUT2D eigenvalue weighted by Gasteiger charge is -2.06. The van der Waals surface area contributed by atoms with E-state index in [1.165, 1.54) is 19.2 Å². The highest BCUT2D eigenvalue weighted by Gasteiger charge is 2.09. The SMILES string of the molecule is COC(=O)CC(=O)Nc1ccc(CCc2ccc(F)cc2)cc1. The number of carbonyl (C=O) groups is 2. The van der Waals surface area contributed by atoms with E-state index in [0.29, 0.717) is 5.69 Å². The Bertz CT molecular complexity index is 666. The average molecular weight is 315 g/mol. The van der Waals surface area contributed by atoms with Gasteiger partial charge in [0.2, 0.25) is 5.91 Å². The molecular formula is C18H18FNO3. The number of esters is 1. The predicted octanol–water partition coefficient (Wildman–Crippen LogP) is 3.11. The number of carbonyl (C=O) groups excluding carboxylic acids is 2. The molecule has 0 bridgehead atoms. The Morgan fingerprint density at radius 2 is 1.48 bits per heavy atom. The van der Waals surface area contributed by atoms with Crippen molar-refractivity contribution in [2.75, 3.05) is 12.4 Å². The largest absolute Gasteiger partial charge is 0.469 e. The second-order valence-corrected chi connectivity index (χ2v) is 5.12. The van der Waals surface area contributed by atoms with E-state index in [9.17, 15) is 14.0 Å². The summed E-state index contributed by atoms with van der Waals surface area (Å²) in [5.41, 5.74) is 2.81. The molecule has 0 saturated heterocycles.